The molecule has 0 aromatic heterocycles. The van der Waals surface area contributed by atoms with E-state index in [9.17, 15) is 9.59 Å². The molecule has 1 aromatic rings. The predicted octanol–water partition coefficient (Wildman–Crippen LogP) is 0.715. The second kappa shape index (κ2) is 4.35. The Morgan fingerprint density at radius 1 is 1.37 bits per heavy atom. The van der Waals surface area contributed by atoms with Crippen molar-refractivity contribution in [3.63, 3.8) is 0 Å². The maximum Gasteiger partial charge on any atom is 0.235 e. The van der Waals surface area contributed by atoms with Gasteiger partial charge in [0.25, 0.3) is 0 Å². The van der Waals surface area contributed by atoms with Gasteiger partial charge in [0, 0.05) is 18.9 Å². The number of hydrogen-bond donors (Lipinski definition) is 2. The maximum absolute atomic E-state index is 12.3. The second-order valence-corrected chi connectivity index (χ2v) is 5.17. The van der Waals surface area contributed by atoms with E-state index in [4.69, 9.17) is 10.5 Å². The number of carbonyl (C=O) groups is 2. The zero-order valence-electron chi connectivity index (χ0n) is 10.6. The van der Waals surface area contributed by atoms with Gasteiger partial charge in [-0.15, -0.1) is 0 Å². The van der Waals surface area contributed by atoms with Gasteiger partial charge in [0.1, 0.15) is 0 Å². The summed E-state index contributed by atoms with van der Waals surface area (Å²) in [5.74, 6) is -0.327. The van der Waals surface area contributed by atoms with E-state index in [0.29, 0.717) is 26.1 Å². The molecule has 0 bridgehead atoms. The molecule has 3 N–H and O–H groups in total. The predicted molar refractivity (Wildman–Crippen MR) is 69.7 cm³/mol. The third-order valence-electron chi connectivity index (χ3n) is 4.01. The molecule has 2 aliphatic heterocycles. The quantitative estimate of drug-likeness (QED) is 0.822. The highest BCUT2D eigenvalue weighted by Crippen LogP contribution is 2.44. The van der Waals surface area contributed by atoms with Gasteiger partial charge >= 0.3 is 0 Å². The molecule has 100 valence electrons. The molecule has 19 heavy (non-hydrogen) atoms. The molecule has 5 heteroatoms. The highest BCUT2D eigenvalue weighted by atomic mass is 16.5. The number of primary amides is 1. The largest absolute Gasteiger partial charge is 0.381 e. The van der Waals surface area contributed by atoms with E-state index in [1.807, 2.05) is 18.2 Å². The Morgan fingerprint density at radius 3 is 2.79 bits per heavy atom. The molecule has 1 saturated heterocycles. The van der Waals surface area contributed by atoms with Crippen LogP contribution in [0.2, 0.25) is 0 Å². The number of amides is 2. The van der Waals surface area contributed by atoms with Crippen LogP contribution in [0.5, 0.6) is 0 Å². The Balaban J connectivity index is 1.98. The molecular formula is C14H16N2O3. The highest BCUT2D eigenvalue weighted by molar-refractivity contribution is 6.06. The van der Waals surface area contributed by atoms with Crippen LogP contribution >= 0.6 is 0 Å². The minimum atomic E-state index is -0.446. The standard InChI is InChI=1S/C14H16N2O3/c15-12(17)8-9-1-2-10-11(7-9)16-13(18)14(10)3-5-19-6-4-14/h1-2,7H,3-6,8H2,(H2,15,17)(H,16,18). The van der Waals surface area contributed by atoms with Crippen LogP contribution in [0.3, 0.4) is 0 Å². The van der Waals surface area contributed by atoms with Crippen LogP contribution in [0, 0.1) is 0 Å². The number of nitrogens with one attached hydrogen (secondary N) is 1. The van der Waals surface area contributed by atoms with Crippen molar-refractivity contribution < 1.29 is 14.3 Å². The molecule has 1 aromatic carbocycles. The van der Waals surface area contributed by atoms with Crippen LogP contribution in [0.15, 0.2) is 18.2 Å². The first-order valence-corrected chi connectivity index (χ1v) is 6.43. The van der Waals surface area contributed by atoms with Gasteiger partial charge < -0.3 is 15.8 Å². The molecule has 1 fully saturated rings. The normalized spacial score (nSPS) is 20.1. The van der Waals surface area contributed by atoms with Crippen molar-refractivity contribution in [3.8, 4) is 0 Å². The van der Waals surface area contributed by atoms with Gasteiger partial charge in [-0.25, -0.2) is 0 Å². The lowest BCUT2D eigenvalue weighted by Crippen LogP contribution is -2.39. The summed E-state index contributed by atoms with van der Waals surface area (Å²) in [7, 11) is 0. The van der Waals surface area contributed by atoms with Gasteiger partial charge in [0.05, 0.1) is 11.8 Å². The Kier molecular flexibility index (Phi) is 2.78. The summed E-state index contributed by atoms with van der Waals surface area (Å²) in [6.45, 7) is 1.21. The Bertz CT molecular complexity index is 548. The van der Waals surface area contributed by atoms with Crippen molar-refractivity contribution in [1.29, 1.82) is 0 Å². The van der Waals surface area contributed by atoms with Crippen LogP contribution in [-0.2, 0) is 26.2 Å². The number of ether oxygens (including phenoxy) is 1. The van der Waals surface area contributed by atoms with E-state index in [1.54, 1.807) is 0 Å². The number of carbonyl (C=O) groups excluding carboxylic acids is 2. The third kappa shape index (κ3) is 1.90. The van der Waals surface area contributed by atoms with Crippen molar-refractivity contribution in [2.75, 3.05) is 18.5 Å². The minimum Gasteiger partial charge on any atom is -0.381 e. The van der Waals surface area contributed by atoms with E-state index in [1.165, 1.54) is 0 Å². The first-order valence-electron chi connectivity index (χ1n) is 6.43. The average molecular weight is 260 g/mol. The highest BCUT2D eigenvalue weighted by Gasteiger charge is 2.47. The monoisotopic (exact) mass is 260 g/mol. The number of rotatable bonds is 2. The van der Waals surface area contributed by atoms with Crippen molar-refractivity contribution in [1.82, 2.24) is 0 Å². The van der Waals surface area contributed by atoms with Crippen molar-refractivity contribution >= 4 is 17.5 Å². The van der Waals surface area contributed by atoms with E-state index in [0.717, 1.165) is 16.8 Å². The Morgan fingerprint density at radius 2 is 2.11 bits per heavy atom. The van der Waals surface area contributed by atoms with Crippen molar-refractivity contribution in [2.24, 2.45) is 5.73 Å². The molecule has 0 saturated carbocycles. The van der Waals surface area contributed by atoms with Crippen molar-refractivity contribution in [3.05, 3.63) is 29.3 Å². The summed E-state index contributed by atoms with van der Waals surface area (Å²) in [6.07, 6.45) is 1.61. The fourth-order valence-electron chi connectivity index (χ4n) is 3.00. The smallest absolute Gasteiger partial charge is 0.235 e. The van der Waals surface area contributed by atoms with Gasteiger partial charge in [-0.05, 0) is 30.0 Å². The van der Waals surface area contributed by atoms with E-state index in [2.05, 4.69) is 5.32 Å². The van der Waals surface area contributed by atoms with Crippen LogP contribution < -0.4 is 11.1 Å². The molecule has 2 aliphatic rings. The van der Waals surface area contributed by atoms with Crippen molar-refractivity contribution in [2.45, 2.75) is 24.7 Å². The molecule has 2 heterocycles. The fourth-order valence-corrected chi connectivity index (χ4v) is 3.00. The first-order chi connectivity index (χ1) is 9.12. The van der Waals surface area contributed by atoms with Gasteiger partial charge in [-0.1, -0.05) is 12.1 Å². The maximum atomic E-state index is 12.3. The summed E-state index contributed by atoms with van der Waals surface area (Å²) in [6, 6.07) is 5.67. The summed E-state index contributed by atoms with van der Waals surface area (Å²) >= 11 is 0. The third-order valence-corrected chi connectivity index (χ3v) is 4.01. The second-order valence-electron chi connectivity index (χ2n) is 5.17. The summed E-state index contributed by atoms with van der Waals surface area (Å²) < 4.78 is 5.35. The lowest BCUT2D eigenvalue weighted by Gasteiger charge is -2.31. The lowest BCUT2D eigenvalue weighted by molar-refractivity contribution is -0.124. The molecule has 0 atom stereocenters. The zero-order valence-corrected chi connectivity index (χ0v) is 10.6. The van der Waals surface area contributed by atoms with Crippen LogP contribution in [0.4, 0.5) is 5.69 Å². The SMILES string of the molecule is NC(=O)Cc1ccc2c(c1)NC(=O)C21CCOCC1. The fraction of sp³-hybridized carbons (Fsp3) is 0.429. The Labute approximate surface area is 111 Å². The van der Waals surface area contributed by atoms with E-state index < -0.39 is 5.41 Å². The molecule has 2 amide bonds. The number of benzene rings is 1. The molecule has 5 nitrogen and oxygen atoms in total. The molecule has 0 unspecified atom stereocenters. The molecule has 1 spiro atoms. The number of hydrogen-bond acceptors (Lipinski definition) is 3. The lowest BCUT2D eigenvalue weighted by atomic mass is 9.75. The summed E-state index contributed by atoms with van der Waals surface area (Å²) in [5, 5.41) is 2.92. The van der Waals surface area contributed by atoms with Gasteiger partial charge in [0.15, 0.2) is 0 Å². The number of anilines is 1. The molecular weight excluding hydrogens is 244 g/mol. The van der Waals surface area contributed by atoms with Gasteiger partial charge in [-0.2, -0.15) is 0 Å². The topological polar surface area (TPSA) is 81.4 Å². The van der Waals surface area contributed by atoms with Gasteiger partial charge in [-0.3, -0.25) is 9.59 Å². The number of nitrogens with two attached hydrogens (primary N) is 1. The molecule has 0 radical (unpaired) electrons. The van der Waals surface area contributed by atoms with Crippen LogP contribution in [0.1, 0.15) is 24.0 Å². The number of fused-ring (bicyclic) bond motifs is 2. The molecule has 0 aliphatic carbocycles. The Hall–Kier alpha value is -1.88. The average Bonchev–Trinajstić information content (AvgIpc) is 2.62. The summed E-state index contributed by atoms with van der Waals surface area (Å²) in [4.78, 5) is 23.2. The molecule has 3 rings (SSSR count). The van der Waals surface area contributed by atoms with E-state index >= 15 is 0 Å². The minimum absolute atomic E-state index is 0.0435. The van der Waals surface area contributed by atoms with Crippen LogP contribution in [-0.4, -0.2) is 25.0 Å². The summed E-state index contributed by atoms with van der Waals surface area (Å²) in [5.41, 5.74) is 7.41. The van der Waals surface area contributed by atoms with E-state index in [-0.39, 0.29) is 18.2 Å². The zero-order chi connectivity index (χ0) is 13.5. The van der Waals surface area contributed by atoms with Crippen LogP contribution in [0.25, 0.3) is 0 Å². The first kappa shape index (κ1) is 12.2. The van der Waals surface area contributed by atoms with Gasteiger partial charge in [0.2, 0.25) is 11.8 Å².